The maximum absolute atomic E-state index is 4.15. The number of hydrogen-bond acceptors (Lipinski definition) is 1. The van der Waals surface area contributed by atoms with E-state index >= 15 is 0 Å². The smallest absolute Gasteiger partial charge is 0.0521 e. The van der Waals surface area contributed by atoms with Crippen LogP contribution in [-0.4, -0.2) is 15.1 Å². The fraction of sp³-hybridized carbons (Fsp3) is 0.700. The fourth-order valence-electron chi connectivity index (χ4n) is 1.15. The molecule has 1 aromatic rings. The second-order valence-electron chi connectivity index (χ2n) is 4.32. The lowest BCUT2D eigenvalue weighted by Gasteiger charge is -2.20. The monoisotopic (exact) mass is 244 g/mol. The number of hydrogen-bond donors (Lipinski definition) is 0. The molecule has 1 rings (SSSR count). The standard InChI is InChI=1S/C10H17BrN2/c1-10(2,8-11)5-4-9-6-12-13(3)7-9/h6-7H,4-5,8H2,1-3H3. The zero-order valence-electron chi connectivity index (χ0n) is 8.55. The summed E-state index contributed by atoms with van der Waals surface area (Å²) in [5.74, 6) is 0. The topological polar surface area (TPSA) is 17.8 Å². The minimum absolute atomic E-state index is 0.385. The van der Waals surface area contributed by atoms with Gasteiger partial charge in [0.1, 0.15) is 0 Å². The van der Waals surface area contributed by atoms with Crippen LogP contribution in [0.2, 0.25) is 0 Å². The molecule has 0 aromatic carbocycles. The molecule has 13 heavy (non-hydrogen) atoms. The zero-order chi connectivity index (χ0) is 9.90. The normalized spacial score (nSPS) is 12.0. The molecule has 0 aliphatic heterocycles. The van der Waals surface area contributed by atoms with Gasteiger partial charge in [0.2, 0.25) is 0 Å². The molecule has 0 aliphatic rings. The Morgan fingerprint density at radius 2 is 2.23 bits per heavy atom. The van der Waals surface area contributed by atoms with Crippen LogP contribution in [0.4, 0.5) is 0 Å². The van der Waals surface area contributed by atoms with Crippen molar-refractivity contribution in [3.63, 3.8) is 0 Å². The average molecular weight is 245 g/mol. The highest BCUT2D eigenvalue weighted by molar-refractivity contribution is 9.09. The van der Waals surface area contributed by atoms with Gasteiger partial charge in [-0.1, -0.05) is 29.8 Å². The zero-order valence-corrected chi connectivity index (χ0v) is 10.1. The molecule has 0 radical (unpaired) electrons. The summed E-state index contributed by atoms with van der Waals surface area (Å²) in [5, 5.41) is 5.20. The summed E-state index contributed by atoms with van der Waals surface area (Å²) in [6.07, 6.45) is 6.35. The number of halogens is 1. The lowest BCUT2D eigenvalue weighted by atomic mass is 9.89. The molecular formula is C10H17BrN2. The van der Waals surface area contributed by atoms with E-state index in [1.54, 1.807) is 0 Å². The van der Waals surface area contributed by atoms with Crippen molar-refractivity contribution in [2.75, 3.05) is 5.33 Å². The van der Waals surface area contributed by atoms with E-state index in [9.17, 15) is 0 Å². The van der Waals surface area contributed by atoms with Crippen molar-refractivity contribution >= 4 is 15.9 Å². The third-order valence-electron chi connectivity index (χ3n) is 2.21. The predicted molar refractivity (Wildman–Crippen MR) is 59.1 cm³/mol. The first kappa shape index (κ1) is 10.8. The summed E-state index contributed by atoms with van der Waals surface area (Å²) in [6.45, 7) is 4.55. The van der Waals surface area contributed by atoms with Crippen LogP contribution in [-0.2, 0) is 13.5 Å². The van der Waals surface area contributed by atoms with Crippen molar-refractivity contribution in [3.05, 3.63) is 18.0 Å². The third-order valence-corrected chi connectivity index (χ3v) is 3.73. The molecule has 0 saturated heterocycles. The lowest BCUT2D eigenvalue weighted by molar-refractivity contribution is 0.390. The van der Waals surface area contributed by atoms with E-state index in [-0.39, 0.29) is 0 Å². The molecule has 3 heteroatoms. The van der Waals surface area contributed by atoms with E-state index in [0.29, 0.717) is 5.41 Å². The van der Waals surface area contributed by atoms with Gasteiger partial charge < -0.3 is 0 Å². The minimum Gasteiger partial charge on any atom is -0.276 e. The van der Waals surface area contributed by atoms with Gasteiger partial charge in [0.05, 0.1) is 6.20 Å². The molecule has 0 N–H and O–H groups in total. The Morgan fingerprint density at radius 1 is 1.54 bits per heavy atom. The van der Waals surface area contributed by atoms with E-state index < -0.39 is 0 Å². The van der Waals surface area contributed by atoms with Gasteiger partial charge in [0, 0.05) is 18.6 Å². The van der Waals surface area contributed by atoms with Gasteiger partial charge in [0.25, 0.3) is 0 Å². The second-order valence-corrected chi connectivity index (χ2v) is 4.88. The van der Waals surface area contributed by atoms with Crippen LogP contribution in [0.15, 0.2) is 12.4 Å². The Bertz CT molecular complexity index is 266. The molecular weight excluding hydrogens is 228 g/mol. The summed E-state index contributed by atoms with van der Waals surface area (Å²) in [5.41, 5.74) is 1.71. The van der Waals surface area contributed by atoms with E-state index in [1.165, 1.54) is 12.0 Å². The molecule has 1 heterocycles. The molecule has 0 saturated carbocycles. The van der Waals surface area contributed by atoms with Gasteiger partial charge in [-0.05, 0) is 23.8 Å². The highest BCUT2D eigenvalue weighted by atomic mass is 79.9. The maximum Gasteiger partial charge on any atom is 0.0521 e. The van der Waals surface area contributed by atoms with Gasteiger partial charge in [-0.25, -0.2) is 0 Å². The average Bonchev–Trinajstić information content (AvgIpc) is 2.48. The molecule has 74 valence electrons. The number of rotatable bonds is 4. The first-order valence-corrected chi connectivity index (χ1v) is 5.69. The highest BCUT2D eigenvalue weighted by Crippen LogP contribution is 2.24. The number of aromatic nitrogens is 2. The summed E-state index contributed by atoms with van der Waals surface area (Å²) in [6, 6.07) is 0. The first-order chi connectivity index (χ1) is 6.03. The van der Waals surface area contributed by atoms with Gasteiger partial charge in [0.15, 0.2) is 0 Å². The van der Waals surface area contributed by atoms with Crippen molar-refractivity contribution in [1.82, 2.24) is 9.78 Å². The van der Waals surface area contributed by atoms with Crippen LogP contribution in [0.25, 0.3) is 0 Å². The van der Waals surface area contributed by atoms with Crippen LogP contribution < -0.4 is 0 Å². The molecule has 1 aromatic heterocycles. The molecule has 0 unspecified atom stereocenters. The van der Waals surface area contributed by atoms with Crippen LogP contribution in [0, 0.1) is 5.41 Å². The molecule has 0 aliphatic carbocycles. The fourth-order valence-corrected chi connectivity index (χ4v) is 1.43. The van der Waals surface area contributed by atoms with E-state index in [1.807, 2.05) is 17.9 Å². The van der Waals surface area contributed by atoms with Gasteiger partial charge in [-0.2, -0.15) is 5.10 Å². The van der Waals surface area contributed by atoms with E-state index in [0.717, 1.165) is 11.8 Å². The Balaban J connectivity index is 2.43. The van der Waals surface area contributed by atoms with Crippen molar-refractivity contribution in [2.45, 2.75) is 26.7 Å². The highest BCUT2D eigenvalue weighted by Gasteiger charge is 2.15. The molecule has 0 bridgehead atoms. The quantitative estimate of drug-likeness (QED) is 0.746. The number of alkyl halides is 1. The summed E-state index contributed by atoms with van der Waals surface area (Å²) < 4.78 is 1.86. The second kappa shape index (κ2) is 4.27. The van der Waals surface area contributed by atoms with Crippen molar-refractivity contribution in [3.8, 4) is 0 Å². The largest absolute Gasteiger partial charge is 0.276 e. The van der Waals surface area contributed by atoms with E-state index in [4.69, 9.17) is 0 Å². The molecule has 0 spiro atoms. The number of nitrogens with zero attached hydrogens (tertiary/aromatic N) is 2. The van der Waals surface area contributed by atoms with Gasteiger partial charge in [-0.3, -0.25) is 4.68 Å². The Labute approximate surface area is 88.5 Å². The Kier molecular flexibility index (Phi) is 3.54. The molecule has 0 amide bonds. The minimum atomic E-state index is 0.385. The summed E-state index contributed by atoms with van der Waals surface area (Å²) >= 11 is 3.53. The van der Waals surface area contributed by atoms with Crippen molar-refractivity contribution in [2.24, 2.45) is 12.5 Å². The van der Waals surface area contributed by atoms with E-state index in [2.05, 4.69) is 41.1 Å². The molecule has 0 atom stereocenters. The molecule has 0 fully saturated rings. The van der Waals surface area contributed by atoms with Crippen LogP contribution >= 0.6 is 15.9 Å². The van der Waals surface area contributed by atoms with Gasteiger partial charge in [-0.15, -0.1) is 0 Å². The van der Waals surface area contributed by atoms with Gasteiger partial charge >= 0.3 is 0 Å². The van der Waals surface area contributed by atoms with Crippen molar-refractivity contribution < 1.29 is 0 Å². The Hall–Kier alpha value is -0.310. The predicted octanol–water partition coefficient (Wildman–Crippen LogP) is 2.77. The summed E-state index contributed by atoms with van der Waals surface area (Å²) in [7, 11) is 1.96. The number of aryl methyl sites for hydroxylation is 2. The van der Waals surface area contributed by atoms with Crippen LogP contribution in [0.3, 0.4) is 0 Å². The van der Waals surface area contributed by atoms with Crippen molar-refractivity contribution in [1.29, 1.82) is 0 Å². The first-order valence-electron chi connectivity index (χ1n) is 4.57. The maximum atomic E-state index is 4.15. The lowest BCUT2D eigenvalue weighted by Crippen LogP contribution is -2.13. The van der Waals surface area contributed by atoms with Crippen LogP contribution in [0.5, 0.6) is 0 Å². The third kappa shape index (κ3) is 3.51. The Morgan fingerprint density at radius 3 is 2.69 bits per heavy atom. The molecule has 2 nitrogen and oxygen atoms in total. The SMILES string of the molecule is Cn1cc(CCC(C)(C)CBr)cn1. The summed E-state index contributed by atoms with van der Waals surface area (Å²) in [4.78, 5) is 0. The van der Waals surface area contributed by atoms with Crippen LogP contribution in [0.1, 0.15) is 25.8 Å².